The van der Waals surface area contributed by atoms with Gasteiger partial charge in [-0.1, -0.05) is 11.8 Å². The monoisotopic (exact) mass is 379 g/mol. The highest BCUT2D eigenvalue weighted by Crippen LogP contribution is 2.37. The van der Waals surface area contributed by atoms with E-state index in [9.17, 15) is 8.78 Å². The highest BCUT2D eigenvalue weighted by atomic mass is 32.2. The van der Waals surface area contributed by atoms with Crippen molar-refractivity contribution in [2.45, 2.75) is 28.0 Å². The van der Waals surface area contributed by atoms with Gasteiger partial charge in [0.25, 0.3) is 0 Å². The fourth-order valence-electron chi connectivity index (χ4n) is 2.62. The molecule has 0 unspecified atom stereocenters. The second-order valence-electron chi connectivity index (χ2n) is 5.73. The third-order valence-electron chi connectivity index (χ3n) is 3.91. The van der Waals surface area contributed by atoms with Gasteiger partial charge in [0.2, 0.25) is 5.95 Å². The third-order valence-corrected chi connectivity index (χ3v) is 6.12. The maximum atomic E-state index is 13.8. The van der Waals surface area contributed by atoms with Crippen LogP contribution in [-0.4, -0.2) is 29.2 Å². The number of nitrogens with one attached hydrogen (secondary N) is 1. The lowest BCUT2D eigenvalue weighted by molar-refractivity contribution is 0.0903. The van der Waals surface area contributed by atoms with Crippen LogP contribution in [0.5, 0.6) is 0 Å². The van der Waals surface area contributed by atoms with E-state index in [1.807, 2.05) is 6.07 Å². The molecule has 8 heteroatoms. The molecule has 0 aliphatic carbocycles. The molecule has 0 bridgehead atoms. The van der Waals surface area contributed by atoms with Crippen molar-refractivity contribution in [2.75, 3.05) is 18.5 Å². The first kappa shape index (κ1) is 16.7. The molecule has 1 saturated heterocycles. The molecule has 0 spiro atoms. The Morgan fingerprint density at radius 1 is 1.20 bits per heavy atom. The van der Waals surface area contributed by atoms with E-state index in [2.05, 4.69) is 15.3 Å². The third kappa shape index (κ3) is 3.91. The van der Waals surface area contributed by atoms with Gasteiger partial charge in [-0.3, -0.25) is 0 Å². The zero-order chi connectivity index (χ0) is 17.2. The summed E-state index contributed by atoms with van der Waals surface area (Å²) in [5.74, 6) is -0.533. The Bertz CT molecular complexity index is 897. The number of rotatable bonds is 4. The van der Waals surface area contributed by atoms with E-state index in [0.717, 1.165) is 46.5 Å². The van der Waals surface area contributed by atoms with Gasteiger partial charge in [0, 0.05) is 41.8 Å². The Morgan fingerprint density at radius 2 is 2.04 bits per heavy atom. The summed E-state index contributed by atoms with van der Waals surface area (Å²) in [4.78, 5) is 10.2. The molecule has 4 rings (SSSR count). The van der Waals surface area contributed by atoms with E-state index in [-0.39, 0.29) is 0 Å². The van der Waals surface area contributed by atoms with Gasteiger partial charge in [0.1, 0.15) is 16.5 Å². The van der Waals surface area contributed by atoms with Crippen molar-refractivity contribution in [2.24, 2.45) is 0 Å². The lowest BCUT2D eigenvalue weighted by Crippen LogP contribution is -2.28. The Labute approximate surface area is 151 Å². The molecule has 1 aliphatic rings. The average molecular weight is 379 g/mol. The highest BCUT2D eigenvalue weighted by molar-refractivity contribution is 8.01. The van der Waals surface area contributed by atoms with Gasteiger partial charge < -0.3 is 10.1 Å². The predicted molar refractivity (Wildman–Crippen MR) is 95.4 cm³/mol. The minimum absolute atomic E-state index is 0.327. The van der Waals surface area contributed by atoms with Crippen molar-refractivity contribution in [3.05, 3.63) is 42.1 Å². The van der Waals surface area contributed by atoms with Crippen molar-refractivity contribution in [3.8, 4) is 0 Å². The molecular weight excluding hydrogens is 364 g/mol. The molecule has 2 aromatic heterocycles. The van der Waals surface area contributed by atoms with Crippen LogP contribution in [0.2, 0.25) is 0 Å². The molecule has 130 valence electrons. The second kappa shape index (κ2) is 7.23. The normalized spacial score (nSPS) is 15.6. The molecule has 0 saturated carbocycles. The van der Waals surface area contributed by atoms with Crippen LogP contribution in [0.4, 0.5) is 14.7 Å². The summed E-state index contributed by atoms with van der Waals surface area (Å²) in [6.07, 6.45) is 3.65. The van der Waals surface area contributed by atoms with Crippen LogP contribution in [0.1, 0.15) is 12.8 Å². The maximum absolute atomic E-state index is 13.8. The minimum Gasteiger partial charge on any atom is -0.381 e. The van der Waals surface area contributed by atoms with Crippen LogP contribution in [0.3, 0.4) is 0 Å². The molecular formula is C17H15F2N3OS2. The van der Waals surface area contributed by atoms with Crippen LogP contribution in [0.15, 0.2) is 39.6 Å². The quantitative estimate of drug-likeness (QED) is 0.711. The molecule has 3 aromatic rings. The number of benzene rings is 1. The summed E-state index contributed by atoms with van der Waals surface area (Å²) >= 11 is 2.73. The number of thiophene rings is 1. The molecule has 25 heavy (non-hydrogen) atoms. The zero-order valence-corrected chi connectivity index (χ0v) is 14.8. The van der Waals surface area contributed by atoms with Gasteiger partial charge in [0.15, 0.2) is 0 Å². The first-order valence-corrected chi connectivity index (χ1v) is 9.54. The van der Waals surface area contributed by atoms with Gasteiger partial charge in [-0.05, 0) is 31.0 Å². The standard InChI is InChI=1S/C17H15F2N3OS2/c18-11-1-2-14(13(19)8-11)24-15-7-10-9-20-17(22-16(10)25-15)21-12-3-5-23-6-4-12/h1-2,7-9,12H,3-6H2,(H,20,21,22). The fourth-order valence-corrected chi connectivity index (χ4v) is 4.72. The van der Waals surface area contributed by atoms with E-state index < -0.39 is 11.6 Å². The number of ether oxygens (including phenoxy) is 1. The van der Waals surface area contributed by atoms with Crippen molar-refractivity contribution < 1.29 is 13.5 Å². The smallest absolute Gasteiger partial charge is 0.224 e. The van der Waals surface area contributed by atoms with E-state index in [4.69, 9.17) is 4.74 Å². The molecule has 1 fully saturated rings. The topological polar surface area (TPSA) is 47.0 Å². The number of nitrogens with zero attached hydrogens (tertiary/aromatic N) is 2. The fraction of sp³-hybridized carbons (Fsp3) is 0.294. The van der Waals surface area contributed by atoms with Crippen LogP contribution >= 0.6 is 23.1 Å². The summed E-state index contributed by atoms with van der Waals surface area (Å²) < 4.78 is 33.1. The van der Waals surface area contributed by atoms with Gasteiger partial charge in [-0.25, -0.2) is 18.7 Å². The van der Waals surface area contributed by atoms with Crippen LogP contribution in [0, 0.1) is 11.6 Å². The number of aromatic nitrogens is 2. The number of anilines is 1. The summed E-state index contributed by atoms with van der Waals surface area (Å²) in [6, 6.07) is 5.85. The molecule has 0 atom stereocenters. The summed E-state index contributed by atoms with van der Waals surface area (Å²) in [7, 11) is 0. The average Bonchev–Trinajstić information content (AvgIpc) is 3.00. The predicted octanol–water partition coefficient (Wildman–Crippen LogP) is 4.71. The Hall–Kier alpha value is -1.77. The van der Waals surface area contributed by atoms with Gasteiger partial charge in [-0.2, -0.15) is 0 Å². The van der Waals surface area contributed by atoms with E-state index in [0.29, 0.717) is 16.9 Å². The molecule has 4 nitrogen and oxygen atoms in total. The Morgan fingerprint density at radius 3 is 2.84 bits per heavy atom. The summed E-state index contributed by atoms with van der Waals surface area (Å²) in [5, 5.41) is 4.25. The summed E-state index contributed by atoms with van der Waals surface area (Å²) in [6.45, 7) is 1.51. The largest absolute Gasteiger partial charge is 0.381 e. The molecule has 1 aromatic carbocycles. The Kier molecular flexibility index (Phi) is 4.82. The molecule has 3 heterocycles. The maximum Gasteiger partial charge on any atom is 0.224 e. The van der Waals surface area contributed by atoms with Crippen molar-refractivity contribution in [3.63, 3.8) is 0 Å². The molecule has 0 amide bonds. The number of hydrogen-bond acceptors (Lipinski definition) is 6. The second-order valence-corrected chi connectivity index (χ2v) is 8.10. The first-order chi connectivity index (χ1) is 12.2. The van der Waals surface area contributed by atoms with Gasteiger partial charge >= 0.3 is 0 Å². The molecule has 1 aliphatic heterocycles. The van der Waals surface area contributed by atoms with E-state index in [1.165, 1.54) is 35.2 Å². The first-order valence-electron chi connectivity index (χ1n) is 7.91. The van der Waals surface area contributed by atoms with E-state index in [1.54, 1.807) is 6.20 Å². The van der Waals surface area contributed by atoms with Crippen molar-refractivity contribution in [1.29, 1.82) is 0 Å². The lowest BCUT2D eigenvalue weighted by Gasteiger charge is -2.22. The van der Waals surface area contributed by atoms with Crippen LogP contribution in [0.25, 0.3) is 10.2 Å². The summed E-state index contributed by atoms with van der Waals surface area (Å²) in [5.41, 5.74) is 0. The van der Waals surface area contributed by atoms with Gasteiger partial charge in [0.05, 0.1) is 4.21 Å². The number of halogens is 2. The van der Waals surface area contributed by atoms with Crippen molar-refractivity contribution >= 4 is 39.3 Å². The van der Waals surface area contributed by atoms with Crippen LogP contribution in [-0.2, 0) is 4.74 Å². The van der Waals surface area contributed by atoms with Crippen LogP contribution < -0.4 is 5.32 Å². The van der Waals surface area contributed by atoms with Gasteiger partial charge in [-0.15, -0.1) is 11.3 Å². The molecule has 0 radical (unpaired) electrons. The van der Waals surface area contributed by atoms with E-state index >= 15 is 0 Å². The SMILES string of the molecule is Fc1ccc(Sc2cc3cnc(NC4CCOCC4)nc3s2)c(F)c1. The Balaban J connectivity index is 1.53. The minimum atomic E-state index is -0.576. The highest BCUT2D eigenvalue weighted by Gasteiger charge is 2.15. The lowest BCUT2D eigenvalue weighted by atomic mass is 10.1. The zero-order valence-electron chi connectivity index (χ0n) is 13.2. The molecule has 1 N–H and O–H groups in total. The number of hydrogen-bond donors (Lipinski definition) is 1. The number of fused-ring (bicyclic) bond motifs is 1. The van der Waals surface area contributed by atoms with Crippen molar-refractivity contribution in [1.82, 2.24) is 9.97 Å².